The summed E-state index contributed by atoms with van der Waals surface area (Å²) in [7, 11) is 0. The normalized spacial score (nSPS) is 11.8. The van der Waals surface area contributed by atoms with E-state index in [1.165, 1.54) is 0 Å². The van der Waals surface area contributed by atoms with Gasteiger partial charge in [0.1, 0.15) is 17.5 Å². The Morgan fingerprint density at radius 2 is 2.05 bits per heavy atom. The van der Waals surface area contributed by atoms with Crippen molar-refractivity contribution in [2.75, 3.05) is 6.61 Å². The molecule has 0 spiro atoms. The number of aromatic nitrogens is 2. The zero-order chi connectivity index (χ0) is 13.7. The SMILES string of the molecule is CCOc1ccc(-c2cnc(C(C#N)CC)[nH]2)cc1. The fraction of sp³-hybridized carbons (Fsp3) is 0.333. The smallest absolute Gasteiger partial charge is 0.123 e. The number of ether oxygens (including phenoxy) is 1. The number of nitrogens with one attached hydrogen (secondary N) is 1. The number of rotatable bonds is 5. The third kappa shape index (κ3) is 2.94. The van der Waals surface area contributed by atoms with Crippen LogP contribution in [-0.4, -0.2) is 16.6 Å². The zero-order valence-corrected chi connectivity index (χ0v) is 11.2. The largest absolute Gasteiger partial charge is 0.494 e. The number of imidazole rings is 1. The van der Waals surface area contributed by atoms with Gasteiger partial charge in [0.25, 0.3) is 0 Å². The fourth-order valence-electron chi connectivity index (χ4n) is 1.90. The van der Waals surface area contributed by atoms with Gasteiger partial charge in [-0.25, -0.2) is 4.98 Å². The summed E-state index contributed by atoms with van der Waals surface area (Å²) in [6.07, 6.45) is 2.53. The maximum Gasteiger partial charge on any atom is 0.123 e. The van der Waals surface area contributed by atoms with E-state index >= 15 is 0 Å². The van der Waals surface area contributed by atoms with Gasteiger partial charge < -0.3 is 9.72 Å². The van der Waals surface area contributed by atoms with Crippen molar-refractivity contribution < 1.29 is 4.74 Å². The first-order valence-electron chi connectivity index (χ1n) is 6.46. The lowest BCUT2D eigenvalue weighted by atomic mass is 10.1. The van der Waals surface area contributed by atoms with E-state index in [4.69, 9.17) is 10.00 Å². The summed E-state index contributed by atoms with van der Waals surface area (Å²) in [4.78, 5) is 7.49. The molecular weight excluding hydrogens is 238 g/mol. The third-order valence-electron chi connectivity index (χ3n) is 2.97. The van der Waals surface area contributed by atoms with E-state index in [0.717, 1.165) is 29.3 Å². The predicted molar refractivity (Wildman–Crippen MR) is 73.8 cm³/mol. The summed E-state index contributed by atoms with van der Waals surface area (Å²) < 4.78 is 5.41. The Morgan fingerprint density at radius 3 is 2.63 bits per heavy atom. The molecule has 4 nitrogen and oxygen atoms in total. The highest BCUT2D eigenvalue weighted by Gasteiger charge is 2.12. The van der Waals surface area contributed by atoms with E-state index < -0.39 is 0 Å². The summed E-state index contributed by atoms with van der Waals surface area (Å²) in [5.41, 5.74) is 1.96. The van der Waals surface area contributed by atoms with Crippen LogP contribution in [0.15, 0.2) is 30.5 Å². The summed E-state index contributed by atoms with van der Waals surface area (Å²) >= 11 is 0. The molecule has 0 saturated carbocycles. The van der Waals surface area contributed by atoms with E-state index in [0.29, 0.717) is 6.61 Å². The van der Waals surface area contributed by atoms with Crippen LogP contribution in [0.2, 0.25) is 0 Å². The van der Waals surface area contributed by atoms with Crippen LogP contribution in [-0.2, 0) is 0 Å². The van der Waals surface area contributed by atoms with Crippen LogP contribution >= 0.6 is 0 Å². The van der Waals surface area contributed by atoms with Crippen molar-refractivity contribution in [2.45, 2.75) is 26.2 Å². The molecule has 4 heteroatoms. The third-order valence-corrected chi connectivity index (χ3v) is 2.97. The average molecular weight is 255 g/mol. The highest BCUT2D eigenvalue weighted by molar-refractivity contribution is 5.59. The molecule has 0 aliphatic heterocycles. The molecular formula is C15H17N3O. The summed E-state index contributed by atoms with van der Waals surface area (Å²) in [6.45, 7) is 4.60. The molecule has 2 aromatic rings. The van der Waals surface area contributed by atoms with Crippen molar-refractivity contribution in [1.82, 2.24) is 9.97 Å². The minimum atomic E-state index is -0.170. The Balaban J connectivity index is 2.20. The van der Waals surface area contributed by atoms with Gasteiger partial charge >= 0.3 is 0 Å². The van der Waals surface area contributed by atoms with Gasteiger partial charge in [-0.1, -0.05) is 6.92 Å². The molecule has 0 saturated heterocycles. The first kappa shape index (κ1) is 13.2. The predicted octanol–water partition coefficient (Wildman–Crippen LogP) is 3.49. The Bertz CT molecular complexity index is 566. The maximum absolute atomic E-state index is 9.03. The molecule has 98 valence electrons. The Morgan fingerprint density at radius 1 is 1.32 bits per heavy atom. The standard InChI is InChI=1S/C15H17N3O/c1-3-11(9-16)15-17-10-14(18-15)12-5-7-13(8-6-12)19-4-2/h5-8,10-11H,3-4H2,1-2H3,(H,17,18). The second-order valence-corrected chi connectivity index (χ2v) is 4.23. The lowest BCUT2D eigenvalue weighted by Gasteiger charge is -2.04. The Kier molecular flexibility index (Phi) is 4.19. The Hall–Kier alpha value is -2.28. The molecule has 0 amide bonds. The minimum Gasteiger partial charge on any atom is -0.494 e. The number of benzene rings is 1. The molecule has 1 aromatic heterocycles. The second-order valence-electron chi connectivity index (χ2n) is 4.23. The van der Waals surface area contributed by atoms with Gasteiger partial charge in [-0.3, -0.25) is 0 Å². The van der Waals surface area contributed by atoms with Crippen molar-refractivity contribution in [3.63, 3.8) is 0 Å². The van der Waals surface area contributed by atoms with Crippen LogP contribution in [0.25, 0.3) is 11.3 Å². The maximum atomic E-state index is 9.03. The Labute approximate surface area is 113 Å². The first-order chi connectivity index (χ1) is 9.28. The lowest BCUT2D eigenvalue weighted by molar-refractivity contribution is 0.340. The molecule has 0 aliphatic carbocycles. The van der Waals surface area contributed by atoms with Gasteiger partial charge in [-0.05, 0) is 43.2 Å². The quantitative estimate of drug-likeness (QED) is 0.889. The number of aromatic amines is 1. The van der Waals surface area contributed by atoms with Gasteiger partial charge in [0.2, 0.25) is 0 Å². The van der Waals surface area contributed by atoms with Gasteiger partial charge in [-0.15, -0.1) is 0 Å². The van der Waals surface area contributed by atoms with Crippen molar-refractivity contribution in [3.05, 3.63) is 36.3 Å². The molecule has 1 unspecified atom stereocenters. The van der Waals surface area contributed by atoms with E-state index in [2.05, 4.69) is 16.0 Å². The van der Waals surface area contributed by atoms with Crippen LogP contribution < -0.4 is 4.74 Å². The van der Waals surface area contributed by atoms with Crippen LogP contribution in [0.4, 0.5) is 0 Å². The monoisotopic (exact) mass is 255 g/mol. The molecule has 0 aliphatic rings. The van der Waals surface area contributed by atoms with Gasteiger partial charge in [-0.2, -0.15) is 5.26 Å². The van der Waals surface area contributed by atoms with Crippen LogP contribution in [0, 0.1) is 11.3 Å². The second kappa shape index (κ2) is 6.05. The lowest BCUT2D eigenvalue weighted by Crippen LogP contribution is -1.96. The van der Waals surface area contributed by atoms with E-state index in [1.807, 2.05) is 38.1 Å². The summed E-state index contributed by atoms with van der Waals surface area (Å²) in [5.74, 6) is 1.42. The van der Waals surface area contributed by atoms with Gasteiger partial charge in [0.15, 0.2) is 0 Å². The molecule has 1 atom stereocenters. The van der Waals surface area contributed by atoms with E-state index in [9.17, 15) is 0 Å². The molecule has 0 radical (unpaired) electrons. The molecule has 1 N–H and O–H groups in total. The number of nitriles is 1. The van der Waals surface area contributed by atoms with Crippen molar-refractivity contribution in [2.24, 2.45) is 0 Å². The fourth-order valence-corrected chi connectivity index (χ4v) is 1.90. The van der Waals surface area contributed by atoms with E-state index in [1.54, 1.807) is 6.20 Å². The van der Waals surface area contributed by atoms with Crippen LogP contribution in [0.5, 0.6) is 5.75 Å². The molecule has 0 bridgehead atoms. The highest BCUT2D eigenvalue weighted by Crippen LogP contribution is 2.23. The number of H-pyrrole nitrogens is 1. The van der Waals surface area contributed by atoms with Crippen molar-refractivity contribution in [1.29, 1.82) is 5.26 Å². The molecule has 1 aromatic carbocycles. The number of hydrogen-bond donors (Lipinski definition) is 1. The van der Waals surface area contributed by atoms with Gasteiger partial charge in [0.05, 0.1) is 24.6 Å². The topological polar surface area (TPSA) is 61.7 Å². The highest BCUT2D eigenvalue weighted by atomic mass is 16.5. The molecule has 2 rings (SSSR count). The molecule has 0 fully saturated rings. The van der Waals surface area contributed by atoms with Crippen molar-refractivity contribution in [3.8, 4) is 23.1 Å². The number of hydrogen-bond acceptors (Lipinski definition) is 3. The minimum absolute atomic E-state index is 0.170. The van der Waals surface area contributed by atoms with Crippen LogP contribution in [0.1, 0.15) is 32.0 Å². The first-order valence-corrected chi connectivity index (χ1v) is 6.46. The zero-order valence-electron chi connectivity index (χ0n) is 11.2. The molecule has 1 heterocycles. The van der Waals surface area contributed by atoms with Crippen LogP contribution in [0.3, 0.4) is 0 Å². The summed E-state index contributed by atoms with van der Waals surface area (Å²) in [5, 5.41) is 9.03. The summed E-state index contributed by atoms with van der Waals surface area (Å²) in [6, 6.07) is 10.1. The van der Waals surface area contributed by atoms with Gasteiger partial charge in [0, 0.05) is 0 Å². The van der Waals surface area contributed by atoms with E-state index in [-0.39, 0.29) is 5.92 Å². The number of nitrogens with zero attached hydrogens (tertiary/aromatic N) is 2. The average Bonchev–Trinajstić information content (AvgIpc) is 2.91. The van der Waals surface area contributed by atoms with Crippen molar-refractivity contribution >= 4 is 0 Å². The molecule has 19 heavy (non-hydrogen) atoms.